The number of rotatable bonds is 5. The van der Waals surface area contributed by atoms with Crippen molar-refractivity contribution in [3.63, 3.8) is 0 Å². The summed E-state index contributed by atoms with van der Waals surface area (Å²) >= 11 is 0. The number of pyridine rings is 1. The first-order valence-electron chi connectivity index (χ1n) is 10.1. The second-order valence-corrected chi connectivity index (χ2v) is 7.77. The van der Waals surface area contributed by atoms with Gasteiger partial charge >= 0.3 is 6.18 Å². The molecule has 34 heavy (non-hydrogen) atoms. The summed E-state index contributed by atoms with van der Waals surface area (Å²) in [6, 6.07) is 3.34. The van der Waals surface area contributed by atoms with Gasteiger partial charge < -0.3 is 20.3 Å². The second kappa shape index (κ2) is 11.1. The summed E-state index contributed by atoms with van der Waals surface area (Å²) in [6.45, 7) is 3.74. The molecular formula is C22H33F3N6O2S. The number of carbonyl (C=O) groups is 1. The van der Waals surface area contributed by atoms with E-state index in [0.717, 1.165) is 6.07 Å². The zero-order valence-corrected chi connectivity index (χ0v) is 18.8. The van der Waals surface area contributed by atoms with E-state index < -0.39 is 11.9 Å². The van der Waals surface area contributed by atoms with Gasteiger partial charge in [-0.1, -0.05) is 27.8 Å². The van der Waals surface area contributed by atoms with Crippen LogP contribution in [0.1, 0.15) is 52.4 Å². The Morgan fingerprint density at radius 2 is 1.88 bits per heavy atom. The molecule has 1 aliphatic carbocycles. The fraction of sp³-hybridized carbons (Fsp3) is 0.545. The number of halogens is 3. The number of hydrogen-bond donors (Lipinski definition) is 2. The maximum Gasteiger partial charge on any atom is 0.433 e. The Morgan fingerprint density at radius 1 is 1.21 bits per heavy atom. The van der Waals surface area contributed by atoms with Crippen LogP contribution in [0.5, 0.6) is 5.88 Å². The fourth-order valence-corrected chi connectivity index (χ4v) is 3.78. The number of fused-ring (bicyclic) bond motifs is 1. The molecule has 1 fully saturated rings. The van der Waals surface area contributed by atoms with E-state index in [2.05, 4.69) is 25.6 Å². The lowest BCUT2D eigenvalue weighted by atomic mass is 9.89. The number of anilines is 3. The van der Waals surface area contributed by atoms with Crippen LogP contribution in [0.15, 0.2) is 18.2 Å². The molecule has 0 bridgehead atoms. The Morgan fingerprint density at radius 3 is 2.50 bits per heavy atom. The van der Waals surface area contributed by atoms with Crippen molar-refractivity contribution in [3.05, 3.63) is 29.6 Å². The number of likely N-dealkylation sites (N-methyl/N-ethyl adjacent to an activating group) is 1. The molecule has 3 heterocycles. The van der Waals surface area contributed by atoms with Gasteiger partial charge in [0.25, 0.3) is 0 Å². The van der Waals surface area contributed by atoms with E-state index in [0.29, 0.717) is 42.4 Å². The predicted octanol–water partition coefficient (Wildman–Crippen LogP) is 4.77. The maximum atomic E-state index is 12.8. The van der Waals surface area contributed by atoms with Gasteiger partial charge in [-0.15, -0.1) is 0 Å². The minimum absolute atomic E-state index is 0. The quantitative estimate of drug-likeness (QED) is 0.608. The predicted molar refractivity (Wildman–Crippen MR) is 132 cm³/mol. The van der Waals surface area contributed by atoms with Crippen LogP contribution in [0.25, 0.3) is 0 Å². The minimum Gasteiger partial charge on any atom is -0.474 e. The molecule has 1 atom stereocenters. The molecule has 0 radical (unpaired) electrons. The fourth-order valence-electron chi connectivity index (χ4n) is 3.78. The minimum atomic E-state index is -4.51. The van der Waals surface area contributed by atoms with Gasteiger partial charge in [0.15, 0.2) is 5.82 Å². The number of amides is 1. The first kappa shape index (κ1) is 29.3. The number of aromatic nitrogens is 3. The van der Waals surface area contributed by atoms with Crippen molar-refractivity contribution in [2.75, 3.05) is 22.6 Å². The molecule has 2 aromatic rings. The monoisotopic (exact) mass is 502 g/mol. The Balaban J connectivity index is 0.00000193. The first-order chi connectivity index (χ1) is 14.7. The zero-order valence-electron chi connectivity index (χ0n) is 17.8. The van der Waals surface area contributed by atoms with E-state index in [1.54, 1.807) is 6.92 Å². The van der Waals surface area contributed by atoms with E-state index in [9.17, 15) is 18.0 Å². The third kappa shape index (κ3) is 5.83. The highest BCUT2D eigenvalue weighted by molar-refractivity contribution is 7.59. The third-order valence-corrected chi connectivity index (χ3v) is 5.54. The van der Waals surface area contributed by atoms with Crippen LogP contribution < -0.4 is 20.3 Å². The van der Waals surface area contributed by atoms with Gasteiger partial charge in [0.05, 0.1) is 5.69 Å². The summed E-state index contributed by atoms with van der Waals surface area (Å²) in [4.78, 5) is 26.6. The summed E-state index contributed by atoms with van der Waals surface area (Å²) in [6.07, 6.45) is -2.92. The molecule has 0 spiro atoms. The Bertz CT molecular complexity index is 1000. The van der Waals surface area contributed by atoms with Gasteiger partial charge in [-0.25, -0.2) is 9.97 Å². The van der Waals surface area contributed by atoms with Crippen molar-refractivity contribution in [3.8, 4) is 5.88 Å². The van der Waals surface area contributed by atoms with Gasteiger partial charge in [-0.05, 0) is 19.4 Å². The van der Waals surface area contributed by atoms with Gasteiger partial charge in [-0.2, -0.15) is 31.7 Å². The molecule has 0 unspecified atom stereocenters. The normalized spacial score (nSPS) is 20.9. The molecule has 2 aromatic heterocycles. The van der Waals surface area contributed by atoms with Gasteiger partial charge in [0.2, 0.25) is 17.7 Å². The standard InChI is InChI=1S/C20H23F3N6O2.2CH4.H2S/c1-4-13-18(30)27-16-10(2)24-19(28-17(16)29(13)3)25-11-8-12(9-11)31-15-7-5-6-14(26-15)20(21,22)23;;;/h5-7,11-13H,4,8-9H2,1-3H3,(H,27,30)(H,24,25,28);2*1H4;1H2/t11?,12?,13-;;;/m0.../s1. The van der Waals surface area contributed by atoms with Crippen molar-refractivity contribution in [2.45, 2.75) is 72.3 Å². The van der Waals surface area contributed by atoms with Crippen molar-refractivity contribution in [1.29, 1.82) is 0 Å². The first-order valence-corrected chi connectivity index (χ1v) is 10.1. The Hall–Kier alpha value is -2.76. The van der Waals surface area contributed by atoms with Crippen LogP contribution in [0.4, 0.5) is 30.6 Å². The van der Waals surface area contributed by atoms with Crippen molar-refractivity contribution in [1.82, 2.24) is 15.0 Å². The number of nitrogens with one attached hydrogen (secondary N) is 2. The number of nitrogens with zero attached hydrogens (tertiary/aromatic N) is 4. The van der Waals surface area contributed by atoms with Gasteiger partial charge in [0.1, 0.15) is 23.5 Å². The Labute approximate surface area is 205 Å². The van der Waals surface area contributed by atoms with Crippen LogP contribution >= 0.6 is 13.5 Å². The van der Waals surface area contributed by atoms with Crippen LogP contribution in [-0.2, 0) is 11.0 Å². The zero-order chi connectivity index (χ0) is 22.3. The molecule has 0 saturated heterocycles. The van der Waals surface area contributed by atoms with Crippen LogP contribution in [0, 0.1) is 6.92 Å². The summed E-state index contributed by atoms with van der Waals surface area (Å²) in [5.74, 6) is 0.978. The molecular weight excluding hydrogens is 469 g/mol. The molecule has 8 nitrogen and oxygen atoms in total. The van der Waals surface area contributed by atoms with E-state index in [1.807, 2.05) is 18.9 Å². The number of ether oxygens (including phenoxy) is 1. The van der Waals surface area contributed by atoms with Crippen molar-refractivity contribution < 1.29 is 22.7 Å². The van der Waals surface area contributed by atoms with Crippen LogP contribution in [-0.4, -0.2) is 46.1 Å². The molecule has 12 heteroatoms. The van der Waals surface area contributed by atoms with E-state index in [1.165, 1.54) is 12.1 Å². The Kier molecular flexibility index (Phi) is 9.57. The van der Waals surface area contributed by atoms with E-state index >= 15 is 0 Å². The molecule has 190 valence electrons. The number of carbonyl (C=O) groups excluding carboxylic acids is 1. The lowest BCUT2D eigenvalue weighted by Gasteiger charge is -2.37. The summed E-state index contributed by atoms with van der Waals surface area (Å²) in [5, 5.41) is 6.12. The van der Waals surface area contributed by atoms with Crippen molar-refractivity contribution >= 4 is 36.9 Å². The smallest absolute Gasteiger partial charge is 0.433 e. The molecule has 4 rings (SSSR count). The number of hydrogen-bond acceptors (Lipinski definition) is 7. The van der Waals surface area contributed by atoms with Gasteiger partial charge in [0, 0.05) is 32.0 Å². The average Bonchev–Trinajstić information content (AvgIpc) is 2.67. The van der Waals surface area contributed by atoms with Crippen LogP contribution in [0.2, 0.25) is 0 Å². The third-order valence-electron chi connectivity index (χ3n) is 5.54. The largest absolute Gasteiger partial charge is 0.474 e. The summed E-state index contributed by atoms with van der Waals surface area (Å²) in [7, 11) is 1.83. The molecule has 1 amide bonds. The highest BCUT2D eigenvalue weighted by atomic mass is 32.1. The van der Waals surface area contributed by atoms with Gasteiger partial charge in [-0.3, -0.25) is 4.79 Å². The number of alkyl halides is 3. The second-order valence-electron chi connectivity index (χ2n) is 7.77. The highest BCUT2D eigenvalue weighted by Crippen LogP contribution is 2.35. The topological polar surface area (TPSA) is 92.3 Å². The molecule has 1 aliphatic heterocycles. The van der Waals surface area contributed by atoms with E-state index in [-0.39, 0.29) is 58.3 Å². The van der Waals surface area contributed by atoms with E-state index in [4.69, 9.17) is 4.74 Å². The highest BCUT2D eigenvalue weighted by Gasteiger charge is 2.36. The molecule has 2 aliphatic rings. The lowest BCUT2D eigenvalue weighted by Crippen LogP contribution is -2.47. The SMILES string of the molecule is C.C.CC[C@H]1C(=O)Nc2c(C)nc(NC3CC(Oc4cccc(C(F)(F)F)n4)C3)nc2N1C.S. The van der Waals surface area contributed by atoms with Crippen molar-refractivity contribution in [2.24, 2.45) is 0 Å². The van der Waals surface area contributed by atoms with Crippen LogP contribution in [0.3, 0.4) is 0 Å². The molecule has 1 saturated carbocycles. The summed E-state index contributed by atoms with van der Waals surface area (Å²) < 4.78 is 43.9. The summed E-state index contributed by atoms with van der Waals surface area (Å²) in [5.41, 5.74) is 0.286. The average molecular weight is 503 g/mol. The molecule has 2 N–H and O–H groups in total. The molecule has 0 aromatic carbocycles. The number of aryl methyl sites for hydroxylation is 1. The lowest BCUT2D eigenvalue weighted by molar-refractivity contribution is -0.141. The maximum absolute atomic E-state index is 12.8.